The number of carbonyl (C=O) groups is 1. The maximum Gasteiger partial charge on any atom is 0.330 e. The number of hydrogen-bond donors (Lipinski definition) is 0. The fourth-order valence-corrected chi connectivity index (χ4v) is 1.74. The molecule has 16 heavy (non-hydrogen) atoms. The van der Waals surface area contributed by atoms with Gasteiger partial charge in [0.15, 0.2) is 11.5 Å². The molecule has 0 saturated heterocycles. The van der Waals surface area contributed by atoms with Gasteiger partial charge in [0.25, 0.3) is 0 Å². The minimum atomic E-state index is -0.399. The van der Waals surface area contributed by atoms with E-state index < -0.39 is 5.97 Å². The highest BCUT2D eigenvalue weighted by Gasteiger charge is 2.15. The largest absolute Gasteiger partial charge is 0.466 e. The van der Waals surface area contributed by atoms with Crippen molar-refractivity contribution in [2.75, 3.05) is 13.9 Å². The minimum absolute atomic E-state index is 0.228. The highest BCUT2D eigenvalue weighted by molar-refractivity contribution is 9.10. The van der Waals surface area contributed by atoms with E-state index in [1.165, 1.54) is 13.2 Å². The smallest absolute Gasteiger partial charge is 0.330 e. The van der Waals surface area contributed by atoms with Crippen LogP contribution in [0.1, 0.15) is 5.56 Å². The van der Waals surface area contributed by atoms with Crippen molar-refractivity contribution in [1.29, 1.82) is 0 Å². The van der Waals surface area contributed by atoms with E-state index in [0.29, 0.717) is 11.5 Å². The Morgan fingerprint density at radius 2 is 2.12 bits per heavy atom. The molecule has 1 aromatic rings. The summed E-state index contributed by atoms with van der Waals surface area (Å²) in [7, 11) is 1.33. The molecule has 0 amide bonds. The minimum Gasteiger partial charge on any atom is -0.466 e. The Morgan fingerprint density at radius 1 is 1.44 bits per heavy atom. The Kier molecular flexibility index (Phi) is 3.14. The molecular formula is C11H9BrO4. The average molecular weight is 285 g/mol. The molecule has 0 aliphatic carbocycles. The Bertz CT molecular complexity index is 454. The summed E-state index contributed by atoms with van der Waals surface area (Å²) in [6, 6.07) is 3.60. The molecule has 1 aromatic carbocycles. The maximum absolute atomic E-state index is 10.9. The molecule has 0 unspecified atom stereocenters. The molecule has 0 bridgehead atoms. The van der Waals surface area contributed by atoms with Crippen LogP contribution in [0.3, 0.4) is 0 Å². The monoisotopic (exact) mass is 284 g/mol. The first-order chi connectivity index (χ1) is 7.70. The van der Waals surface area contributed by atoms with Gasteiger partial charge in [-0.3, -0.25) is 0 Å². The second kappa shape index (κ2) is 4.57. The molecule has 0 N–H and O–H groups in total. The normalized spacial score (nSPS) is 13.1. The van der Waals surface area contributed by atoms with E-state index in [0.717, 1.165) is 10.0 Å². The Labute approximate surface area is 101 Å². The van der Waals surface area contributed by atoms with Crippen LogP contribution in [0.15, 0.2) is 22.7 Å². The van der Waals surface area contributed by atoms with Crippen LogP contribution in [-0.4, -0.2) is 19.9 Å². The SMILES string of the molecule is COC(=O)C=Cc1cc2c(cc1Br)OCO2. The molecule has 0 fully saturated rings. The molecule has 0 aromatic heterocycles. The summed E-state index contributed by atoms with van der Waals surface area (Å²) in [6.45, 7) is 0.228. The quantitative estimate of drug-likeness (QED) is 0.618. The van der Waals surface area contributed by atoms with Crippen molar-refractivity contribution in [1.82, 2.24) is 0 Å². The van der Waals surface area contributed by atoms with Gasteiger partial charge in [-0.25, -0.2) is 4.79 Å². The van der Waals surface area contributed by atoms with Crippen LogP contribution in [0, 0.1) is 0 Å². The predicted octanol–water partition coefficient (Wildman–Crippen LogP) is 2.36. The van der Waals surface area contributed by atoms with Gasteiger partial charge in [-0.05, 0) is 23.8 Å². The second-order valence-electron chi connectivity index (χ2n) is 3.08. The van der Waals surface area contributed by atoms with Crippen LogP contribution >= 0.6 is 15.9 Å². The van der Waals surface area contributed by atoms with Crippen LogP contribution < -0.4 is 9.47 Å². The average Bonchev–Trinajstić information content (AvgIpc) is 2.72. The van der Waals surface area contributed by atoms with Crippen molar-refractivity contribution in [3.63, 3.8) is 0 Å². The van der Waals surface area contributed by atoms with Gasteiger partial charge in [-0.15, -0.1) is 0 Å². The third-order valence-electron chi connectivity index (χ3n) is 2.09. The number of halogens is 1. The van der Waals surface area contributed by atoms with Gasteiger partial charge in [0.2, 0.25) is 6.79 Å². The third kappa shape index (κ3) is 2.19. The van der Waals surface area contributed by atoms with Gasteiger partial charge in [-0.1, -0.05) is 15.9 Å². The fourth-order valence-electron chi connectivity index (χ4n) is 1.29. The van der Waals surface area contributed by atoms with Crippen LogP contribution in [0.25, 0.3) is 6.08 Å². The van der Waals surface area contributed by atoms with E-state index in [1.54, 1.807) is 18.2 Å². The first-order valence-corrected chi connectivity index (χ1v) is 5.35. The molecule has 1 heterocycles. The van der Waals surface area contributed by atoms with Crippen molar-refractivity contribution in [3.05, 3.63) is 28.2 Å². The number of fused-ring (bicyclic) bond motifs is 1. The molecule has 4 nitrogen and oxygen atoms in total. The first-order valence-electron chi connectivity index (χ1n) is 4.56. The summed E-state index contributed by atoms with van der Waals surface area (Å²) in [5, 5.41) is 0. The molecule has 84 valence electrons. The Hall–Kier alpha value is -1.49. The van der Waals surface area contributed by atoms with Crippen LogP contribution in [0.5, 0.6) is 11.5 Å². The zero-order valence-corrected chi connectivity index (χ0v) is 10.1. The number of methoxy groups -OCH3 is 1. The molecule has 1 aliphatic rings. The van der Waals surface area contributed by atoms with Crippen LogP contribution in [-0.2, 0) is 9.53 Å². The van der Waals surface area contributed by atoms with Crippen molar-refractivity contribution < 1.29 is 19.0 Å². The maximum atomic E-state index is 10.9. The van der Waals surface area contributed by atoms with Crippen molar-refractivity contribution in [2.24, 2.45) is 0 Å². The van der Waals surface area contributed by atoms with Crippen molar-refractivity contribution >= 4 is 28.0 Å². The Morgan fingerprint density at radius 3 is 2.81 bits per heavy atom. The van der Waals surface area contributed by atoms with E-state index in [9.17, 15) is 4.79 Å². The van der Waals surface area contributed by atoms with E-state index in [-0.39, 0.29) is 6.79 Å². The van der Waals surface area contributed by atoms with Crippen LogP contribution in [0.4, 0.5) is 0 Å². The molecular weight excluding hydrogens is 276 g/mol. The summed E-state index contributed by atoms with van der Waals surface area (Å²) < 4.78 is 15.8. The summed E-state index contributed by atoms with van der Waals surface area (Å²) >= 11 is 3.38. The van der Waals surface area contributed by atoms with Gasteiger partial charge in [0.05, 0.1) is 7.11 Å². The number of hydrogen-bond acceptors (Lipinski definition) is 4. The van der Waals surface area contributed by atoms with E-state index in [4.69, 9.17) is 9.47 Å². The Balaban J connectivity index is 2.28. The van der Waals surface area contributed by atoms with Gasteiger partial charge < -0.3 is 14.2 Å². The highest BCUT2D eigenvalue weighted by Crippen LogP contribution is 2.37. The van der Waals surface area contributed by atoms with Crippen LogP contribution in [0.2, 0.25) is 0 Å². The number of carbonyl (C=O) groups excluding carboxylic acids is 1. The van der Waals surface area contributed by atoms with Crippen molar-refractivity contribution in [2.45, 2.75) is 0 Å². The number of rotatable bonds is 2. The molecule has 2 rings (SSSR count). The number of esters is 1. The number of benzene rings is 1. The highest BCUT2D eigenvalue weighted by atomic mass is 79.9. The van der Waals surface area contributed by atoms with Crippen molar-refractivity contribution in [3.8, 4) is 11.5 Å². The summed E-state index contributed by atoms with van der Waals surface area (Å²) in [4.78, 5) is 10.9. The van der Waals surface area contributed by atoms with E-state index in [1.807, 2.05) is 0 Å². The standard InChI is InChI=1S/C11H9BrO4/c1-14-11(13)3-2-7-4-9-10(5-8(7)12)16-6-15-9/h2-5H,6H2,1H3. The second-order valence-corrected chi connectivity index (χ2v) is 3.94. The summed E-state index contributed by atoms with van der Waals surface area (Å²) in [5.41, 5.74) is 0.828. The molecule has 0 atom stereocenters. The van der Waals surface area contributed by atoms with Gasteiger partial charge in [0.1, 0.15) is 0 Å². The third-order valence-corrected chi connectivity index (χ3v) is 2.78. The summed E-state index contributed by atoms with van der Waals surface area (Å²) in [5.74, 6) is 0.972. The topological polar surface area (TPSA) is 44.8 Å². The first kappa shape index (κ1) is 11.0. The van der Waals surface area contributed by atoms with Gasteiger partial charge in [0, 0.05) is 10.5 Å². The van der Waals surface area contributed by atoms with E-state index >= 15 is 0 Å². The molecule has 5 heteroatoms. The van der Waals surface area contributed by atoms with Gasteiger partial charge in [-0.2, -0.15) is 0 Å². The molecule has 0 radical (unpaired) electrons. The lowest BCUT2D eigenvalue weighted by atomic mass is 10.2. The number of ether oxygens (including phenoxy) is 3. The predicted molar refractivity (Wildman–Crippen MR) is 61.3 cm³/mol. The zero-order chi connectivity index (χ0) is 11.5. The summed E-state index contributed by atoms with van der Waals surface area (Å²) in [6.07, 6.45) is 3.00. The molecule has 0 spiro atoms. The van der Waals surface area contributed by atoms with E-state index in [2.05, 4.69) is 20.7 Å². The fraction of sp³-hybridized carbons (Fsp3) is 0.182. The molecule has 1 aliphatic heterocycles. The molecule has 0 saturated carbocycles. The van der Waals surface area contributed by atoms with Gasteiger partial charge >= 0.3 is 5.97 Å². The lowest BCUT2D eigenvalue weighted by Gasteiger charge is -2.01. The lowest BCUT2D eigenvalue weighted by molar-refractivity contribution is -0.134. The lowest BCUT2D eigenvalue weighted by Crippen LogP contribution is -1.93. The zero-order valence-electron chi connectivity index (χ0n) is 8.53.